The summed E-state index contributed by atoms with van der Waals surface area (Å²) in [5.41, 5.74) is 8.68. The maximum absolute atomic E-state index is 12.1. The summed E-state index contributed by atoms with van der Waals surface area (Å²) in [5.74, 6) is 1.17. The molecule has 1 aromatic rings. The zero-order valence-electron chi connectivity index (χ0n) is 13.0. The van der Waals surface area contributed by atoms with Crippen molar-refractivity contribution in [1.82, 2.24) is 4.90 Å². The molecule has 1 aliphatic rings. The molecule has 1 aromatic carbocycles. The second-order valence-electron chi connectivity index (χ2n) is 6.57. The van der Waals surface area contributed by atoms with E-state index in [-0.39, 0.29) is 18.0 Å². The molecule has 2 N–H and O–H groups in total. The topological polar surface area (TPSA) is 46.3 Å². The van der Waals surface area contributed by atoms with Crippen molar-refractivity contribution in [1.29, 1.82) is 0 Å². The molecular weight excluding hydrogens is 248 g/mol. The predicted molar refractivity (Wildman–Crippen MR) is 82.4 cm³/mol. The SMILES string of the molecule is CC(C)CN1C(=O)CC(N)C1c1ccc(C(C)C)cc1. The summed E-state index contributed by atoms with van der Waals surface area (Å²) in [6.07, 6.45) is 0.462. The van der Waals surface area contributed by atoms with Crippen LogP contribution in [0, 0.1) is 5.92 Å². The van der Waals surface area contributed by atoms with Crippen LogP contribution in [0.15, 0.2) is 24.3 Å². The fourth-order valence-electron chi connectivity index (χ4n) is 2.93. The number of hydrogen-bond acceptors (Lipinski definition) is 2. The molecule has 1 amide bonds. The molecule has 20 heavy (non-hydrogen) atoms. The fourth-order valence-corrected chi connectivity index (χ4v) is 2.93. The molecule has 1 heterocycles. The number of likely N-dealkylation sites (tertiary alicyclic amines) is 1. The van der Waals surface area contributed by atoms with E-state index in [1.54, 1.807) is 0 Å². The number of carbonyl (C=O) groups excluding carboxylic acids is 1. The summed E-state index contributed by atoms with van der Waals surface area (Å²) < 4.78 is 0. The van der Waals surface area contributed by atoms with Crippen LogP contribution in [-0.2, 0) is 4.79 Å². The molecule has 0 radical (unpaired) electrons. The molecule has 1 saturated heterocycles. The average Bonchev–Trinajstić information content (AvgIpc) is 2.64. The highest BCUT2D eigenvalue weighted by molar-refractivity contribution is 5.80. The molecule has 3 nitrogen and oxygen atoms in total. The van der Waals surface area contributed by atoms with Crippen LogP contribution in [0.25, 0.3) is 0 Å². The highest BCUT2D eigenvalue weighted by atomic mass is 16.2. The zero-order chi connectivity index (χ0) is 14.9. The Balaban J connectivity index is 2.25. The lowest BCUT2D eigenvalue weighted by molar-refractivity contribution is -0.129. The molecule has 2 unspecified atom stereocenters. The van der Waals surface area contributed by atoms with Gasteiger partial charge < -0.3 is 10.6 Å². The van der Waals surface area contributed by atoms with Gasteiger partial charge in [0.1, 0.15) is 0 Å². The number of amides is 1. The first kappa shape index (κ1) is 15.0. The van der Waals surface area contributed by atoms with Crippen LogP contribution in [0.3, 0.4) is 0 Å². The van der Waals surface area contributed by atoms with Crippen LogP contribution in [0.4, 0.5) is 0 Å². The van der Waals surface area contributed by atoms with Gasteiger partial charge in [0.25, 0.3) is 0 Å². The third-order valence-electron chi connectivity index (χ3n) is 3.98. The Hall–Kier alpha value is -1.35. The van der Waals surface area contributed by atoms with Crippen LogP contribution < -0.4 is 5.73 Å². The Kier molecular flexibility index (Phi) is 4.48. The Morgan fingerprint density at radius 1 is 1.20 bits per heavy atom. The molecule has 0 aliphatic carbocycles. The van der Waals surface area contributed by atoms with E-state index in [1.165, 1.54) is 5.56 Å². The van der Waals surface area contributed by atoms with Crippen LogP contribution in [-0.4, -0.2) is 23.4 Å². The number of nitrogens with zero attached hydrogens (tertiary/aromatic N) is 1. The largest absolute Gasteiger partial charge is 0.334 e. The second-order valence-corrected chi connectivity index (χ2v) is 6.57. The highest BCUT2D eigenvalue weighted by Gasteiger charge is 2.38. The van der Waals surface area contributed by atoms with E-state index in [4.69, 9.17) is 5.73 Å². The number of nitrogens with two attached hydrogens (primary N) is 1. The Bertz CT molecular complexity index is 464. The Labute approximate surface area is 122 Å². The molecule has 0 spiro atoms. The minimum atomic E-state index is -0.0915. The molecule has 1 fully saturated rings. The number of rotatable bonds is 4. The molecule has 110 valence electrons. The van der Waals surface area contributed by atoms with Gasteiger partial charge in [-0.3, -0.25) is 4.79 Å². The van der Waals surface area contributed by atoms with Gasteiger partial charge in [-0.05, 0) is 23.0 Å². The van der Waals surface area contributed by atoms with E-state index < -0.39 is 0 Å². The van der Waals surface area contributed by atoms with Crippen molar-refractivity contribution in [3.8, 4) is 0 Å². The van der Waals surface area contributed by atoms with E-state index in [0.717, 1.165) is 12.1 Å². The van der Waals surface area contributed by atoms with Crippen LogP contribution >= 0.6 is 0 Å². The first-order valence-electron chi connectivity index (χ1n) is 7.55. The Morgan fingerprint density at radius 3 is 2.30 bits per heavy atom. The van der Waals surface area contributed by atoms with E-state index in [2.05, 4.69) is 52.0 Å². The Morgan fingerprint density at radius 2 is 1.80 bits per heavy atom. The highest BCUT2D eigenvalue weighted by Crippen LogP contribution is 2.33. The first-order chi connectivity index (χ1) is 9.40. The lowest BCUT2D eigenvalue weighted by atomic mass is 9.96. The van der Waals surface area contributed by atoms with Gasteiger partial charge in [0.05, 0.1) is 6.04 Å². The molecule has 2 rings (SSSR count). The molecule has 2 atom stereocenters. The standard InChI is InChI=1S/C17H26N2O/c1-11(2)10-19-16(20)9-15(18)17(19)14-7-5-13(6-8-14)12(3)4/h5-8,11-12,15,17H,9-10,18H2,1-4H3. The minimum absolute atomic E-state index is 0.0334. The van der Waals surface area contributed by atoms with Crippen molar-refractivity contribution in [3.05, 3.63) is 35.4 Å². The van der Waals surface area contributed by atoms with Crippen molar-refractivity contribution < 1.29 is 4.79 Å². The van der Waals surface area contributed by atoms with Crippen LogP contribution in [0.1, 0.15) is 57.2 Å². The predicted octanol–water partition coefficient (Wildman–Crippen LogP) is 3.07. The van der Waals surface area contributed by atoms with Gasteiger partial charge in [-0.1, -0.05) is 52.0 Å². The van der Waals surface area contributed by atoms with E-state index in [9.17, 15) is 4.79 Å². The van der Waals surface area contributed by atoms with E-state index in [1.807, 2.05) is 4.90 Å². The third kappa shape index (κ3) is 3.04. The zero-order valence-corrected chi connectivity index (χ0v) is 13.0. The van der Waals surface area contributed by atoms with Gasteiger partial charge in [0, 0.05) is 19.0 Å². The number of carbonyl (C=O) groups is 1. The maximum atomic E-state index is 12.1. The molecule has 0 aromatic heterocycles. The fraction of sp³-hybridized carbons (Fsp3) is 0.588. The van der Waals surface area contributed by atoms with Crippen molar-refractivity contribution in [2.24, 2.45) is 11.7 Å². The molecule has 0 bridgehead atoms. The maximum Gasteiger partial charge on any atom is 0.224 e. The third-order valence-corrected chi connectivity index (χ3v) is 3.98. The summed E-state index contributed by atoms with van der Waals surface area (Å²) in [6.45, 7) is 9.42. The molecule has 1 aliphatic heterocycles. The first-order valence-corrected chi connectivity index (χ1v) is 7.55. The smallest absolute Gasteiger partial charge is 0.224 e. The van der Waals surface area contributed by atoms with Crippen molar-refractivity contribution in [3.63, 3.8) is 0 Å². The van der Waals surface area contributed by atoms with Crippen LogP contribution in [0.2, 0.25) is 0 Å². The monoisotopic (exact) mass is 274 g/mol. The van der Waals surface area contributed by atoms with Gasteiger partial charge in [-0.15, -0.1) is 0 Å². The minimum Gasteiger partial charge on any atom is -0.334 e. The average molecular weight is 274 g/mol. The van der Waals surface area contributed by atoms with Crippen molar-refractivity contribution >= 4 is 5.91 Å². The van der Waals surface area contributed by atoms with Gasteiger partial charge >= 0.3 is 0 Å². The summed E-state index contributed by atoms with van der Waals surface area (Å²) in [4.78, 5) is 14.1. The second kappa shape index (κ2) is 5.96. The molecular formula is C17H26N2O. The van der Waals surface area contributed by atoms with Crippen molar-refractivity contribution in [2.75, 3.05) is 6.54 Å². The lowest BCUT2D eigenvalue weighted by Gasteiger charge is -2.29. The van der Waals surface area contributed by atoms with Crippen molar-refractivity contribution in [2.45, 2.75) is 52.1 Å². The summed E-state index contributed by atoms with van der Waals surface area (Å²) >= 11 is 0. The van der Waals surface area contributed by atoms with Gasteiger partial charge in [0.15, 0.2) is 0 Å². The van der Waals surface area contributed by atoms with E-state index in [0.29, 0.717) is 18.3 Å². The quantitative estimate of drug-likeness (QED) is 0.917. The molecule has 3 heteroatoms. The number of hydrogen-bond donors (Lipinski definition) is 1. The van der Waals surface area contributed by atoms with Gasteiger partial charge in [-0.25, -0.2) is 0 Å². The lowest BCUT2D eigenvalue weighted by Crippen LogP contribution is -2.35. The summed E-state index contributed by atoms with van der Waals surface area (Å²) in [7, 11) is 0. The van der Waals surface area contributed by atoms with Crippen LogP contribution in [0.5, 0.6) is 0 Å². The van der Waals surface area contributed by atoms with Gasteiger partial charge in [-0.2, -0.15) is 0 Å². The normalized spacial score (nSPS) is 23.1. The molecule has 0 saturated carbocycles. The van der Waals surface area contributed by atoms with Gasteiger partial charge in [0.2, 0.25) is 5.91 Å². The summed E-state index contributed by atoms with van der Waals surface area (Å²) in [6, 6.07) is 8.52. The number of benzene rings is 1. The summed E-state index contributed by atoms with van der Waals surface area (Å²) in [5, 5.41) is 0. The van der Waals surface area contributed by atoms with E-state index >= 15 is 0 Å².